The van der Waals surface area contributed by atoms with Crippen LogP contribution in [0.25, 0.3) is 0 Å². The average Bonchev–Trinajstić information content (AvgIpc) is 2.54. The third-order valence-electron chi connectivity index (χ3n) is 3.68. The fourth-order valence-electron chi connectivity index (χ4n) is 2.54. The van der Waals surface area contributed by atoms with Crippen LogP contribution in [0.1, 0.15) is 12.5 Å². The largest absolute Gasteiger partial charge is 0.387 e. The van der Waals surface area contributed by atoms with Crippen molar-refractivity contribution in [2.75, 3.05) is 13.7 Å². The number of benzene rings is 1. The zero-order chi connectivity index (χ0) is 15.9. The molecule has 2 rings (SSSR count). The van der Waals surface area contributed by atoms with Crippen LogP contribution >= 0.6 is 0 Å². The molecule has 1 aliphatic rings. The number of rotatable bonds is 7. The van der Waals surface area contributed by atoms with Crippen molar-refractivity contribution in [1.29, 1.82) is 0 Å². The van der Waals surface area contributed by atoms with Gasteiger partial charge in [-0.25, -0.2) is 0 Å². The number of hydrogen-bond acceptors (Lipinski definition) is 5. The second-order valence-electron chi connectivity index (χ2n) is 5.28. The molecule has 0 saturated carbocycles. The second-order valence-corrected chi connectivity index (χ2v) is 5.28. The van der Waals surface area contributed by atoms with Crippen LogP contribution in [-0.4, -0.2) is 49.5 Å². The molecule has 1 fully saturated rings. The summed E-state index contributed by atoms with van der Waals surface area (Å²) in [5.74, 6) is 0. The topological polar surface area (TPSA) is 57.2 Å². The molecular weight excluding hydrogens is 284 g/mol. The number of ether oxygens (including phenoxy) is 4. The highest BCUT2D eigenvalue weighted by Gasteiger charge is 2.45. The van der Waals surface area contributed by atoms with Gasteiger partial charge in [-0.15, -0.1) is 6.58 Å². The Morgan fingerprint density at radius 3 is 2.59 bits per heavy atom. The Bertz CT molecular complexity index is 450. The average molecular weight is 308 g/mol. The van der Waals surface area contributed by atoms with E-state index in [0.717, 1.165) is 5.56 Å². The van der Waals surface area contributed by atoms with Crippen molar-refractivity contribution in [3.63, 3.8) is 0 Å². The molecule has 0 spiro atoms. The van der Waals surface area contributed by atoms with Crippen LogP contribution < -0.4 is 0 Å². The van der Waals surface area contributed by atoms with Gasteiger partial charge in [0.15, 0.2) is 6.29 Å². The highest BCUT2D eigenvalue weighted by atomic mass is 16.7. The van der Waals surface area contributed by atoms with E-state index in [0.29, 0.717) is 13.2 Å². The Balaban J connectivity index is 2.02. The lowest BCUT2D eigenvalue weighted by atomic mass is 9.99. The lowest BCUT2D eigenvalue weighted by molar-refractivity contribution is -0.303. The maximum absolute atomic E-state index is 10.6. The predicted molar refractivity (Wildman–Crippen MR) is 82.3 cm³/mol. The molecule has 1 aromatic carbocycles. The van der Waals surface area contributed by atoms with Gasteiger partial charge in [0.05, 0.1) is 19.3 Å². The summed E-state index contributed by atoms with van der Waals surface area (Å²) in [6.07, 6.45) is -1.21. The van der Waals surface area contributed by atoms with Crippen molar-refractivity contribution in [2.24, 2.45) is 0 Å². The Labute approximate surface area is 131 Å². The van der Waals surface area contributed by atoms with E-state index in [4.69, 9.17) is 18.9 Å². The number of aliphatic hydroxyl groups excluding tert-OH is 1. The van der Waals surface area contributed by atoms with Gasteiger partial charge < -0.3 is 24.1 Å². The maximum Gasteiger partial charge on any atom is 0.186 e. The van der Waals surface area contributed by atoms with Crippen LogP contribution in [0.4, 0.5) is 0 Å². The number of hydrogen-bond donors (Lipinski definition) is 1. The van der Waals surface area contributed by atoms with Gasteiger partial charge in [0.25, 0.3) is 0 Å². The molecule has 5 nitrogen and oxygen atoms in total. The Hall–Kier alpha value is -1.24. The summed E-state index contributed by atoms with van der Waals surface area (Å²) in [6, 6.07) is 9.76. The minimum Gasteiger partial charge on any atom is -0.387 e. The minimum atomic E-state index is -0.836. The van der Waals surface area contributed by atoms with E-state index in [2.05, 4.69) is 6.58 Å². The van der Waals surface area contributed by atoms with Crippen molar-refractivity contribution in [3.05, 3.63) is 48.6 Å². The van der Waals surface area contributed by atoms with E-state index in [9.17, 15) is 5.11 Å². The highest BCUT2D eigenvalue weighted by molar-refractivity contribution is 5.13. The van der Waals surface area contributed by atoms with Gasteiger partial charge in [0.2, 0.25) is 0 Å². The van der Waals surface area contributed by atoms with E-state index in [-0.39, 0.29) is 6.10 Å². The molecule has 0 bridgehead atoms. The second kappa shape index (κ2) is 8.41. The summed E-state index contributed by atoms with van der Waals surface area (Å²) in [7, 11) is 1.54. The lowest BCUT2D eigenvalue weighted by Crippen LogP contribution is -2.58. The zero-order valence-corrected chi connectivity index (χ0v) is 13.1. The zero-order valence-electron chi connectivity index (χ0n) is 13.1. The molecule has 0 aromatic heterocycles. The van der Waals surface area contributed by atoms with E-state index < -0.39 is 24.6 Å². The predicted octanol–water partition coefficient (Wildman–Crippen LogP) is 1.90. The molecule has 5 heteroatoms. The number of methoxy groups -OCH3 is 1. The van der Waals surface area contributed by atoms with Crippen LogP contribution in [0, 0.1) is 0 Å². The maximum atomic E-state index is 10.6. The van der Waals surface area contributed by atoms with Gasteiger partial charge in [-0.2, -0.15) is 0 Å². The van der Waals surface area contributed by atoms with Crippen molar-refractivity contribution in [1.82, 2.24) is 0 Å². The smallest absolute Gasteiger partial charge is 0.186 e. The SMILES string of the molecule is C=CCO[C@@H]1[C@@H](O)[C@@H](OCc2ccccc2)[C@H](OC)O[C@H]1C. The van der Waals surface area contributed by atoms with Crippen LogP contribution in [0.5, 0.6) is 0 Å². The number of aliphatic hydroxyl groups is 1. The molecule has 0 aliphatic carbocycles. The van der Waals surface area contributed by atoms with Gasteiger partial charge in [-0.05, 0) is 12.5 Å². The summed E-state index contributed by atoms with van der Waals surface area (Å²) in [4.78, 5) is 0. The first kappa shape index (κ1) is 17.1. The molecule has 122 valence electrons. The van der Waals surface area contributed by atoms with Crippen molar-refractivity contribution < 1.29 is 24.1 Å². The standard InChI is InChI=1S/C17H24O5/c1-4-10-20-15-12(2)22-17(19-3)16(14(15)18)21-11-13-8-6-5-7-9-13/h4-9,12,14-18H,1,10-11H2,2-3H3/t12-,14+,15-,16+,17+/m0/s1. The summed E-state index contributed by atoms with van der Waals surface area (Å²) in [5.41, 5.74) is 1.02. The Morgan fingerprint density at radius 2 is 1.95 bits per heavy atom. The molecular formula is C17H24O5. The van der Waals surface area contributed by atoms with Gasteiger partial charge in [-0.1, -0.05) is 36.4 Å². The molecule has 5 atom stereocenters. The monoisotopic (exact) mass is 308 g/mol. The Kier molecular flexibility index (Phi) is 6.54. The molecule has 0 amide bonds. The highest BCUT2D eigenvalue weighted by Crippen LogP contribution is 2.26. The van der Waals surface area contributed by atoms with E-state index in [1.54, 1.807) is 6.08 Å². The first-order valence-electron chi connectivity index (χ1n) is 7.41. The molecule has 1 heterocycles. The molecule has 22 heavy (non-hydrogen) atoms. The third-order valence-corrected chi connectivity index (χ3v) is 3.68. The van der Waals surface area contributed by atoms with E-state index >= 15 is 0 Å². The molecule has 1 aliphatic heterocycles. The van der Waals surface area contributed by atoms with Crippen LogP contribution in [0.3, 0.4) is 0 Å². The fourth-order valence-corrected chi connectivity index (χ4v) is 2.54. The van der Waals surface area contributed by atoms with Crippen LogP contribution in [0.15, 0.2) is 43.0 Å². The van der Waals surface area contributed by atoms with Gasteiger partial charge in [0, 0.05) is 7.11 Å². The molecule has 1 saturated heterocycles. The Morgan fingerprint density at radius 1 is 1.23 bits per heavy atom. The lowest BCUT2D eigenvalue weighted by Gasteiger charge is -2.42. The molecule has 1 N–H and O–H groups in total. The van der Waals surface area contributed by atoms with Gasteiger partial charge in [0.1, 0.15) is 18.3 Å². The molecule has 0 radical (unpaired) electrons. The quantitative estimate of drug-likeness (QED) is 0.780. The van der Waals surface area contributed by atoms with Gasteiger partial charge >= 0.3 is 0 Å². The van der Waals surface area contributed by atoms with Gasteiger partial charge in [-0.3, -0.25) is 0 Å². The minimum absolute atomic E-state index is 0.295. The summed E-state index contributed by atoms with van der Waals surface area (Å²) in [6.45, 7) is 6.18. The van der Waals surface area contributed by atoms with Crippen LogP contribution in [0.2, 0.25) is 0 Å². The first-order valence-corrected chi connectivity index (χ1v) is 7.41. The summed E-state index contributed by atoms with van der Waals surface area (Å²) < 4.78 is 22.5. The first-order chi connectivity index (χ1) is 10.7. The van der Waals surface area contributed by atoms with Crippen molar-refractivity contribution >= 4 is 0 Å². The third kappa shape index (κ3) is 4.15. The van der Waals surface area contributed by atoms with E-state index in [1.807, 2.05) is 37.3 Å². The van der Waals surface area contributed by atoms with E-state index in [1.165, 1.54) is 7.11 Å². The normalized spacial score (nSPS) is 31.9. The molecule has 0 unspecified atom stereocenters. The van der Waals surface area contributed by atoms with Crippen LogP contribution in [-0.2, 0) is 25.6 Å². The van der Waals surface area contributed by atoms with Crippen molar-refractivity contribution in [2.45, 2.75) is 44.2 Å². The van der Waals surface area contributed by atoms with Crippen molar-refractivity contribution in [3.8, 4) is 0 Å². The fraction of sp³-hybridized carbons (Fsp3) is 0.529. The summed E-state index contributed by atoms with van der Waals surface area (Å²) >= 11 is 0. The molecule has 1 aromatic rings. The summed E-state index contributed by atoms with van der Waals surface area (Å²) in [5, 5.41) is 10.6.